The number of nitrogens with zero attached hydrogens (tertiary/aromatic N) is 2. The zero-order valence-corrected chi connectivity index (χ0v) is 22.7. The van der Waals surface area contributed by atoms with Crippen molar-refractivity contribution >= 4 is 21.5 Å². The van der Waals surface area contributed by atoms with Crippen LogP contribution in [0.4, 0.5) is 23.2 Å². The minimum atomic E-state index is -4.96. The molecular formula is C27H32F4N2O5S. The molecule has 2 aliphatic heterocycles. The van der Waals surface area contributed by atoms with Crippen LogP contribution < -0.4 is 4.31 Å². The second-order valence-corrected chi connectivity index (χ2v) is 12.9. The van der Waals surface area contributed by atoms with Crippen LogP contribution in [0.3, 0.4) is 0 Å². The molecule has 1 unspecified atom stereocenters. The van der Waals surface area contributed by atoms with Crippen molar-refractivity contribution in [3.05, 3.63) is 59.4 Å². The fraction of sp³-hybridized carbons (Fsp3) is 0.519. The summed E-state index contributed by atoms with van der Waals surface area (Å²) in [4.78, 5) is 14.8. The highest BCUT2D eigenvalue weighted by Gasteiger charge is 2.51. The van der Waals surface area contributed by atoms with Crippen molar-refractivity contribution in [1.82, 2.24) is 4.90 Å². The van der Waals surface area contributed by atoms with E-state index in [0.29, 0.717) is 20.0 Å². The number of halogens is 4. The highest BCUT2D eigenvalue weighted by molar-refractivity contribution is 7.92. The summed E-state index contributed by atoms with van der Waals surface area (Å²) in [5.41, 5.74) is -4.30. The van der Waals surface area contributed by atoms with Crippen molar-refractivity contribution in [1.29, 1.82) is 0 Å². The number of aliphatic hydroxyl groups is 2. The minimum Gasteiger partial charge on any atom is -0.388 e. The van der Waals surface area contributed by atoms with E-state index in [1.165, 1.54) is 6.07 Å². The number of fused-ring (bicyclic) bond motifs is 1. The van der Waals surface area contributed by atoms with Crippen LogP contribution in [0.5, 0.6) is 0 Å². The average molecular weight is 573 g/mol. The van der Waals surface area contributed by atoms with E-state index in [9.17, 15) is 41.0 Å². The zero-order chi connectivity index (χ0) is 29.0. The maximum absolute atomic E-state index is 13.8. The number of benzene rings is 2. The third-order valence-corrected chi connectivity index (χ3v) is 9.70. The smallest absolute Gasteiger partial charge is 0.388 e. The number of likely N-dealkylation sites (N-methyl/N-ethyl adjacent to an activating group) is 1. The molecule has 2 heterocycles. The number of carbonyl (C=O) groups excluding carboxylic acids is 1. The molecule has 0 radical (unpaired) electrons. The Balaban J connectivity index is 1.71. The maximum atomic E-state index is 13.8. The van der Waals surface area contributed by atoms with Crippen LogP contribution in [0.1, 0.15) is 44.2 Å². The number of aryl methyl sites for hydroxylation is 1. The lowest BCUT2D eigenvalue weighted by molar-refractivity contribution is -0.258. The Bertz CT molecular complexity index is 1340. The first-order valence-electron chi connectivity index (χ1n) is 12.6. The number of alkyl halides is 3. The number of ketones is 1. The van der Waals surface area contributed by atoms with Gasteiger partial charge in [-0.25, -0.2) is 12.8 Å². The van der Waals surface area contributed by atoms with Crippen molar-refractivity contribution in [2.75, 3.05) is 24.4 Å². The highest BCUT2D eigenvalue weighted by Crippen LogP contribution is 2.43. The lowest BCUT2D eigenvalue weighted by Gasteiger charge is -2.39. The summed E-state index contributed by atoms with van der Waals surface area (Å²) in [7, 11) is -2.52. The van der Waals surface area contributed by atoms with E-state index in [1.807, 2.05) is 11.9 Å². The molecular weight excluding hydrogens is 540 g/mol. The molecule has 1 saturated heterocycles. The second kappa shape index (κ2) is 10.1. The monoisotopic (exact) mass is 572 g/mol. The number of rotatable bonds is 7. The molecule has 0 amide bonds. The quantitative estimate of drug-likeness (QED) is 0.491. The number of carbonyl (C=O) groups is 1. The molecule has 0 aliphatic carbocycles. The zero-order valence-electron chi connectivity index (χ0n) is 21.9. The van der Waals surface area contributed by atoms with Crippen LogP contribution in [0.2, 0.25) is 0 Å². The van der Waals surface area contributed by atoms with Gasteiger partial charge in [-0.2, -0.15) is 13.2 Å². The van der Waals surface area contributed by atoms with Crippen LogP contribution in [-0.4, -0.2) is 67.3 Å². The molecule has 214 valence electrons. The van der Waals surface area contributed by atoms with E-state index in [1.54, 1.807) is 6.92 Å². The summed E-state index contributed by atoms with van der Waals surface area (Å²) in [6.07, 6.45) is -4.77. The molecule has 0 saturated carbocycles. The molecule has 2 aromatic carbocycles. The third-order valence-electron chi connectivity index (χ3n) is 7.82. The first-order valence-corrected chi connectivity index (χ1v) is 14.0. The number of likely N-dealkylation sites (tertiary alicyclic amines) is 1. The number of β-amino-alcohol motifs (C(OH)–C–C–N with tert-alkyl or cyclic N) is 1. The SMILES string of the molecule is CN1C[C@@H](CC(=O)C[C@@H]2CCc3cc(C(C)(O)C(F)(F)F)ccc3N2S(=O)(=O)c2ccc(F)cc2)[C@](C)(O)C1. The van der Waals surface area contributed by atoms with Crippen LogP contribution in [-0.2, 0) is 26.8 Å². The average Bonchev–Trinajstić information content (AvgIpc) is 3.08. The van der Waals surface area contributed by atoms with Crippen molar-refractivity contribution in [2.24, 2.45) is 5.92 Å². The first kappa shape index (κ1) is 29.4. The van der Waals surface area contributed by atoms with E-state index in [0.717, 1.165) is 40.7 Å². The summed E-state index contributed by atoms with van der Waals surface area (Å²) >= 11 is 0. The van der Waals surface area contributed by atoms with Crippen LogP contribution >= 0.6 is 0 Å². The topological polar surface area (TPSA) is 98.2 Å². The standard InChI is InChI=1S/C27H32F4N2O5S/c1-25(35)16-32(3)15-19(25)13-22(34)14-21-8-4-17-12-18(26(2,36)27(29,30)31)5-11-24(17)33(21)39(37,38)23-9-6-20(28)7-10-23/h5-7,9-12,19,21,35-36H,4,8,13-16H2,1-3H3/t19-,21+,25-,26?/m1/s1. The van der Waals surface area contributed by atoms with E-state index >= 15 is 0 Å². The van der Waals surface area contributed by atoms with Crippen molar-refractivity contribution in [2.45, 2.75) is 67.8 Å². The largest absolute Gasteiger partial charge is 0.421 e. The number of sulfonamides is 1. The van der Waals surface area contributed by atoms with E-state index in [-0.39, 0.29) is 53.5 Å². The molecule has 39 heavy (non-hydrogen) atoms. The Morgan fingerprint density at radius 2 is 1.77 bits per heavy atom. The van der Waals surface area contributed by atoms with Gasteiger partial charge in [0.1, 0.15) is 11.6 Å². The van der Waals surface area contributed by atoms with Gasteiger partial charge in [0.15, 0.2) is 5.60 Å². The molecule has 0 spiro atoms. The number of hydrogen-bond acceptors (Lipinski definition) is 6. The molecule has 4 atom stereocenters. The Morgan fingerprint density at radius 1 is 1.13 bits per heavy atom. The lowest BCUT2D eigenvalue weighted by atomic mass is 9.85. The molecule has 12 heteroatoms. The van der Waals surface area contributed by atoms with Gasteiger partial charge in [0.25, 0.3) is 10.0 Å². The predicted molar refractivity (Wildman–Crippen MR) is 136 cm³/mol. The van der Waals surface area contributed by atoms with Crippen molar-refractivity contribution < 1.29 is 41.0 Å². The summed E-state index contributed by atoms with van der Waals surface area (Å²) in [5.74, 6) is -1.23. The molecule has 7 nitrogen and oxygen atoms in total. The van der Waals surface area contributed by atoms with E-state index in [2.05, 4.69) is 0 Å². The number of hydrogen-bond donors (Lipinski definition) is 2. The molecule has 2 aliphatic rings. The molecule has 0 aromatic heterocycles. The van der Waals surface area contributed by atoms with Crippen molar-refractivity contribution in [3.63, 3.8) is 0 Å². The Kier molecular flexibility index (Phi) is 7.65. The van der Waals surface area contributed by atoms with Crippen molar-refractivity contribution in [3.8, 4) is 0 Å². The third kappa shape index (κ3) is 5.70. The number of Topliss-reactive ketones (excluding diaryl/α,β-unsaturated/α-hetero) is 1. The molecule has 2 aromatic rings. The summed E-state index contributed by atoms with van der Waals surface area (Å²) in [6, 6.07) is 6.67. The summed E-state index contributed by atoms with van der Waals surface area (Å²) < 4.78 is 82.6. The van der Waals surface area contributed by atoms with Gasteiger partial charge in [-0.3, -0.25) is 9.10 Å². The first-order chi connectivity index (χ1) is 17.9. The fourth-order valence-corrected chi connectivity index (χ4v) is 7.27. The molecule has 0 bridgehead atoms. The van der Waals surface area contributed by atoms with Gasteiger partial charge in [-0.15, -0.1) is 0 Å². The van der Waals surface area contributed by atoms with Crippen LogP contribution in [0.25, 0.3) is 0 Å². The number of anilines is 1. The van der Waals surface area contributed by atoms with Gasteiger partial charge in [0.2, 0.25) is 0 Å². The Morgan fingerprint density at radius 3 is 2.33 bits per heavy atom. The van der Waals surface area contributed by atoms with E-state index in [4.69, 9.17) is 0 Å². The maximum Gasteiger partial charge on any atom is 0.421 e. The van der Waals surface area contributed by atoms with Crippen LogP contribution in [0, 0.1) is 11.7 Å². The molecule has 1 fully saturated rings. The molecule has 4 rings (SSSR count). The normalized spacial score (nSPS) is 25.8. The predicted octanol–water partition coefficient (Wildman–Crippen LogP) is 3.77. The van der Waals surface area contributed by atoms with Gasteiger partial charge in [0, 0.05) is 31.8 Å². The fourth-order valence-electron chi connectivity index (χ4n) is 5.55. The van der Waals surface area contributed by atoms with Crippen LogP contribution in [0.15, 0.2) is 47.4 Å². The Labute approximate surface area is 225 Å². The Hall–Kier alpha value is -2.54. The van der Waals surface area contributed by atoms with E-state index < -0.39 is 44.8 Å². The van der Waals surface area contributed by atoms with Gasteiger partial charge in [-0.1, -0.05) is 12.1 Å². The lowest BCUT2D eigenvalue weighted by Crippen LogP contribution is -2.45. The summed E-state index contributed by atoms with van der Waals surface area (Å²) in [5, 5.41) is 20.8. The molecule has 2 N–H and O–H groups in total. The van der Waals surface area contributed by atoms with Gasteiger partial charge >= 0.3 is 6.18 Å². The van der Waals surface area contributed by atoms with Gasteiger partial charge in [0.05, 0.1) is 22.2 Å². The summed E-state index contributed by atoms with van der Waals surface area (Å²) in [6.45, 7) is 3.19. The second-order valence-electron chi connectivity index (χ2n) is 11.1. The van der Waals surface area contributed by atoms with Gasteiger partial charge < -0.3 is 15.1 Å². The minimum absolute atomic E-state index is 0.0402. The van der Waals surface area contributed by atoms with Gasteiger partial charge in [-0.05, 0) is 75.2 Å². The highest BCUT2D eigenvalue weighted by atomic mass is 32.2.